The summed E-state index contributed by atoms with van der Waals surface area (Å²) in [5.41, 5.74) is 5.18. The van der Waals surface area contributed by atoms with Crippen LogP contribution in [0.1, 0.15) is 36.4 Å². The number of para-hydroxylation sites is 1. The lowest BCUT2D eigenvalue weighted by atomic mass is 9.72. The van der Waals surface area contributed by atoms with Crippen LogP contribution in [-0.4, -0.2) is 19.3 Å². The lowest BCUT2D eigenvalue weighted by Crippen LogP contribution is -2.52. The van der Waals surface area contributed by atoms with E-state index in [2.05, 4.69) is 23.6 Å². The van der Waals surface area contributed by atoms with Gasteiger partial charge in [-0.15, -0.1) is 0 Å². The summed E-state index contributed by atoms with van der Waals surface area (Å²) in [6.45, 7) is 0.767. The number of rotatable bonds is 4. The maximum Gasteiger partial charge on any atom is 0.127 e. The van der Waals surface area contributed by atoms with Crippen molar-refractivity contribution in [2.75, 3.05) is 13.7 Å². The molecule has 3 rings (SSSR count). The average Bonchev–Trinajstić information content (AvgIpc) is 2.82. The Balaban J connectivity index is 2.00. The predicted molar refractivity (Wildman–Crippen MR) is 69.3 cm³/mol. The first-order chi connectivity index (χ1) is 8.80. The third-order valence-corrected chi connectivity index (χ3v) is 4.36. The second-order valence-electron chi connectivity index (χ2n) is 5.16. The van der Waals surface area contributed by atoms with Gasteiger partial charge in [0.05, 0.1) is 18.2 Å². The molecule has 0 spiro atoms. The van der Waals surface area contributed by atoms with Gasteiger partial charge >= 0.3 is 0 Å². The molecule has 3 N–H and O–H groups in total. The lowest BCUT2D eigenvalue weighted by Gasteiger charge is -2.46. The molecular weight excluding hydrogens is 228 g/mol. The van der Waals surface area contributed by atoms with Crippen LogP contribution in [0.3, 0.4) is 0 Å². The number of nitrogens with two attached hydrogens (primary N) is 1. The molecule has 1 aromatic rings. The molecule has 1 fully saturated rings. The molecule has 0 aromatic heterocycles. The Morgan fingerprint density at radius 2 is 2.28 bits per heavy atom. The Morgan fingerprint density at radius 1 is 1.44 bits per heavy atom. The molecule has 1 aliphatic carbocycles. The van der Waals surface area contributed by atoms with Crippen LogP contribution in [0.5, 0.6) is 5.75 Å². The zero-order chi connectivity index (χ0) is 12.6. The van der Waals surface area contributed by atoms with Gasteiger partial charge in [0, 0.05) is 19.1 Å². The van der Waals surface area contributed by atoms with Crippen LogP contribution in [0.2, 0.25) is 0 Å². The zero-order valence-electron chi connectivity index (χ0n) is 10.7. The van der Waals surface area contributed by atoms with Crippen molar-refractivity contribution < 1.29 is 9.47 Å². The molecule has 1 heterocycles. The molecule has 1 atom stereocenters. The van der Waals surface area contributed by atoms with Crippen LogP contribution < -0.4 is 16.0 Å². The summed E-state index contributed by atoms with van der Waals surface area (Å²) in [6, 6.07) is 6.30. The van der Waals surface area contributed by atoms with Crippen LogP contribution in [-0.2, 0) is 11.2 Å². The van der Waals surface area contributed by atoms with E-state index >= 15 is 0 Å². The number of fused-ring (bicyclic) bond motifs is 1. The molecule has 0 amide bonds. The summed E-state index contributed by atoms with van der Waals surface area (Å²) >= 11 is 0. The second-order valence-corrected chi connectivity index (χ2v) is 5.16. The molecule has 0 saturated heterocycles. The van der Waals surface area contributed by atoms with Gasteiger partial charge in [0.2, 0.25) is 0 Å². The van der Waals surface area contributed by atoms with Crippen LogP contribution in [0.4, 0.5) is 0 Å². The van der Waals surface area contributed by atoms with E-state index in [9.17, 15) is 0 Å². The minimum Gasteiger partial charge on any atom is -0.493 e. The minimum atomic E-state index is -0.171. The van der Waals surface area contributed by atoms with Crippen LogP contribution in [0, 0.1) is 0 Å². The van der Waals surface area contributed by atoms with Crippen molar-refractivity contribution in [1.29, 1.82) is 0 Å². The molecule has 1 unspecified atom stereocenters. The highest BCUT2D eigenvalue weighted by Gasteiger charge is 2.46. The molecule has 0 bridgehead atoms. The van der Waals surface area contributed by atoms with Crippen LogP contribution in [0.25, 0.3) is 0 Å². The summed E-state index contributed by atoms with van der Waals surface area (Å²) in [4.78, 5) is 0. The standard InChI is InChI=1S/C14H20N2O2/c1-17-14(7-3-8-14)13(16-15)11-5-2-4-10-6-9-18-12(10)11/h2,4-5,13,16H,3,6-9,15H2,1H3. The van der Waals surface area contributed by atoms with E-state index < -0.39 is 0 Å². The minimum absolute atomic E-state index is 0.00398. The van der Waals surface area contributed by atoms with Crippen molar-refractivity contribution >= 4 is 0 Å². The molecule has 1 aliphatic heterocycles. The Hall–Kier alpha value is -1.10. The first-order valence-electron chi connectivity index (χ1n) is 6.56. The first kappa shape index (κ1) is 12.0. The van der Waals surface area contributed by atoms with E-state index in [0.29, 0.717) is 0 Å². The fraction of sp³-hybridized carbons (Fsp3) is 0.571. The highest BCUT2D eigenvalue weighted by Crippen LogP contribution is 2.47. The molecule has 18 heavy (non-hydrogen) atoms. The predicted octanol–water partition coefficient (Wildman–Crippen LogP) is 1.69. The molecule has 2 aliphatic rings. The molecule has 4 heteroatoms. The Kier molecular flexibility index (Phi) is 3.01. The van der Waals surface area contributed by atoms with E-state index in [1.54, 1.807) is 7.11 Å². The van der Waals surface area contributed by atoms with Crippen molar-refractivity contribution in [2.24, 2.45) is 5.84 Å². The van der Waals surface area contributed by atoms with Crippen LogP contribution in [0.15, 0.2) is 18.2 Å². The van der Waals surface area contributed by atoms with E-state index in [1.165, 1.54) is 12.0 Å². The van der Waals surface area contributed by atoms with E-state index in [0.717, 1.165) is 37.2 Å². The van der Waals surface area contributed by atoms with Crippen LogP contribution >= 0.6 is 0 Å². The van der Waals surface area contributed by atoms with Gasteiger partial charge in [0.1, 0.15) is 5.75 Å². The third-order valence-electron chi connectivity index (χ3n) is 4.36. The number of benzene rings is 1. The van der Waals surface area contributed by atoms with Gasteiger partial charge in [0.25, 0.3) is 0 Å². The largest absolute Gasteiger partial charge is 0.493 e. The second kappa shape index (κ2) is 4.53. The topological polar surface area (TPSA) is 56.5 Å². The normalized spacial score (nSPS) is 21.9. The molecule has 0 radical (unpaired) electrons. The SMILES string of the molecule is COC1(C(NN)c2cccc3c2OCC3)CCC1. The summed E-state index contributed by atoms with van der Waals surface area (Å²) in [6.07, 6.45) is 4.27. The van der Waals surface area contributed by atoms with Gasteiger partial charge in [-0.2, -0.15) is 0 Å². The highest BCUT2D eigenvalue weighted by molar-refractivity contribution is 5.46. The van der Waals surface area contributed by atoms with Crippen molar-refractivity contribution in [1.82, 2.24) is 5.43 Å². The first-order valence-corrected chi connectivity index (χ1v) is 6.56. The number of nitrogens with one attached hydrogen (secondary N) is 1. The Morgan fingerprint density at radius 3 is 2.89 bits per heavy atom. The monoisotopic (exact) mass is 248 g/mol. The molecule has 98 valence electrons. The van der Waals surface area contributed by atoms with E-state index in [1.807, 2.05) is 0 Å². The maximum absolute atomic E-state index is 5.78. The van der Waals surface area contributed by atoms with Gasteiger partial charge in [0.15, 0.2) is 0 Å². The molecule has 1 saturated carbocycles. The number of hydrogen-bond acceptors (Lipinski definition) is 4. The third kappa shape index (κ3) is 1.64. The smallest absolute Gasteiger partial charge is 0.127 e. The average molecular weight is 248 g/mol. The van der Waals surface area contributed by atoms with Crippen molar-refractivity contribution in [3.63, 3.8) is 0 Å². The summed E-state index contributed by atoms with van der Waals surface area (Å²) in [5.74, 6) is 6.79. The maximum atomic E-state index is 5.78. The summed E-state index contributed by atoms with van der Waals surface area (Å²) in [7, 11) is 1.77. The summed E-state index contributed by atoms with van der Waals surface area (Å²) < 4.78 is 11.5. The van der Waals surface area contributed by atoms with E-state index in [4.69, 9.17) is 15.3 Å². The summed E-state index contributed by atoms with van der Waals surface area (Å²) in [5, 5.41) is 0. The Labute approximate surface area is 107 Å². The number of hydrazine groups is 1. The number of methoxy groups -OCH3 is 1. The number of hydrogen-bond donors (Lipinski definition) is 2. The van der Waals surface area contributed by atoms with Gasteiger partial charge in [-0.25, -0.2) is 5.43 Å². The Bertz CT molecular complexity index is 438. The van der Waals surface area contributed by atoms with Crippen molar-refractivity contribution in [3.05, 3.63) is 29.3 Å². The number of ether oxygens (including phenoxy) is 2. The van der Waals surface area contributed by atoms with Crippen molar-refractivity contribution in [2.45, 2.75) is 37.3 Å². The fourth-order valence-corrected chi connectivity index (χ4v) is 3.13. The molecule has 4 nitrogen and oxygen atoms in total. The van der Waals surface area contributed by atoms with Gasteiger partial charge in [-0.05, 0) is 24.8 Å². The molecule has 1 aromatic carbocycles. The van der Waals surface area contributed by atoms with Crippen molar-refractivity contribution in [3.8, 4) is 5.75 Å². The van der Waals surface area contributed by atoms with Gasteiger partial charge < -0.3 is 9.47 Å². The van der Waals surface area contributed by atoms with Gasteiger partial charge in [-0.3, -0.25) is 5.84 Å². The van der Waals surface area contributed by atoms with E-state index in [-0.39, 0.29) is 11.6 Å². The lowest BCUT2D eigenvalue weighted by molar-refractivity contribution is -0.100. The zero-order valence-corrected chi connectivity index (χ0v) is 10.7. The molecular formula is C14H20N2O2. The highest BCUT2D eigenvalue weighted by atomic mass is 16.5. The quantitative estimate of drug-likeness (QED) is 0.629. The fourth-order valence-electron chi connectivity index (χ4n) is 3.13. The van der Waals surface area contributed by atoms with Gasteiger partial charge in [-0.1, -0.05) is 18.2 Å².